The van der Waals surface area contributed by atoms with E-state index in [-0.39, 0.29) is 38.3 Å². The number of rotatable bonds is 35. The van der Waals surface area contributed by atoms with Crippen LogP contribution >= 0.6 is 7.82 Å². The van der Waals surface area contributed by atoms with Crippen molar-refractivity contribution in [1.29, 1.82) is 0 Å². The van der Waals surface area contributed by atoms with E-state index in [1.165, 1.54) is 38.2 Å². The highest BCUT2D eigenvalue weighted by molar-refractivity contribution is 7.47. The first-order valence-corrected chi connectivity index (χ1v) is 21.5. The third-order valence-corrected chi connectivity index (χ3v) is 8.98. The van der Waals surface area contributed by atoms with Gasteiger partial charge in [-0.1, -0.05) is 113 Å². The fraction of sp³-hybridized carbons (Fsp3) is 0.690. The van der Waals surface area contributed by atoms with Crippen LogP contribution in [0.4, 0.5) is 0 Å². The van der Waals surface area contributed by atoms with Crippen LogP contribution in [-0.4, -0.2) is 80.7 Å². The lowest BCUT2D eigenvalue weighted by atomic mass is 10.1. The summed E-state index contributed by atoms with van der Waals surface area (Å²) in [7, 11) is 1.34. The smallest absolute Gasteiger partial charge is 0.462 e. The molecule has 0 amide bonds. The maximum atomic E-state index is 12.6. The van der Waals surface area contributed by atoms with Gasteiger partial charge >= 0.3 is 19.8 Å². The summed E-state index contributed by atoms with van der Waals surface area (Å²) >= 11 is 0. The number of nitrogens with zero attached hydrogens (tertiary/aromatic N) is 1. The molecular weight excluding hydrogens is 693 g/mol. The molecule has 0 spiro atoms. The summed E-state index contributed by atoms with van der Waals surface area (Å²) in [6.07, 6.45) is 35.7. The van der Waals surface area contributed by atoms with Crippen molar-refractivity contribution in [2.75, 3.05) is 47.5 Å². The molecule has 0 aliphatic heterocycles. The molecule has 11 heteroatoms. The van der Waals surface area contributed by atoms with Crippen molar-refractivity contribution in [3.63, 3.8) is 0 Å². The van der Waals surface area contributed by atoms with E-state index in [0.29, 0.717) is 23.9 Å². The average Bonchev–Trinajstić information content (AvgIpc) is 3.09. The summed E-state index contributed by atoms with van der Waals surface area (Å²) < 4.78 is 33.9. The molecule has 0 saturated carbocycles. The molecule has 1 unspecified atom stereocenters. The number of carbonyl (C=O) groups excluding carboxylic acids is 3. The highest BCUT2D eigenvalue weighted by atomic mass is 31.2. The SMILES string of the molecule is CCCC/C=C\CCCCCCCC(=O)O[C@H](COC(=O)CCCC(=O)/C=C/C=C\C/C=C\C/C=C\CCCCC)COP(=O)(O)OCC[N+](C)(C)C. The van der Waals surface area contributed by atoms with Gasteiger partial charge in [0, 0.05) is 19.3 Å². The number of ketones is 1. The second-order valence-corrected chi connectivity index (χ2v) is 15.8. The molecule has 0 rings (SSSR count). The second kappa shape index (κ2) is 33.9. The second-order valence-electron chi connectivity index (χ2n) is 14.3. The van der Waals surface area contributed by atoms with E-state index < -0.39 is 32.5 Å². The molecule has 0 aliphatic rings. The summed E-state index contributed by atoms with van der Waals surface area (Å²) in [6.45, 7) is 4.03. The molecule has 0 aromatic rings. The highest BCUT2D eigenvalue weighted by Gasteiger charge is 2.27. The Kier molecular flexibility index (Phi) is 32.2. The molecule has 2 atom stereocenters. The zero-order chi connectivity index (χ0) is 39.5. The Morgan fingerprint density at radius 3 is 1.92 bits per heavy atom. The van der Waals surface area contributed by atoms with E-state index in [2.05, 4.69) is 50.3 Å². The molecule has 10 nitrogen and oxygen atoms in total. The van der Waals surface area contributed by atoms with E-state index >= 15 is 0 Å². The average molecular weight is 767 g/mol. The Hall–Kier alpha value is -2.62. The van der Waals surface area contributed by atoms with Crippen LogP contribution in [-0.2, 0) is 37.5 Å². The number of hydrogen-bond donors (Lipinski definition) is 1. The van der Waals surface area contributed by atoms with E-state index in [9.17, 15) is 23.8 Å². The Bertz CT molecular complexity index is 1150. The fourth-order valence-corrected chi connectivity index (χ4v) is 5.51. The van der Waals surface area contributed by atoms with Crippen molar-refractivity contribution in [3.05, 3.63) is 60.8 Å². The van der Waals surface area contributed by atoms with Crippen molar-refractivity contribution in [2.45, 2.75) is 142 Å². The van der Waals surface area contributed by atoms with Crippen molar-refractivity contribution in [3.8, 4) is 0 Å². The van der Waals surface area contributed by atoms with E-state index in [4.69, 9.17) is 18.5 Å². The molecule has 0 bridgehead atoms. The molecule has 53 heavy (non-hydrogen) atoms. The predicted molar refractivity (Wildman–Crippen MR) is 215 cm³/mol. The van der Waals surface area contributed by atoms with Crippen LogP contribution in [0.3, 0.4) is 0 Å². The van der Waals surface area contributed by atoms with Gasteiger partial charge in [0.25, 0.3) is 0 Å². The third-order valence-electron chi connectivity index (χ3n) is 8.00. The standard InChI is InChI=1S/C42H72NO9P/c1-6-8-10-12-14-16-18-19-21-22-24-26-28-31-39(44)32-30-34-41(45)49-37-40(38-51-53(47,48)50-36-35-43(3,4)5)52-42(46)33-29-27-25-23-20-17-15-13-11-9-7-2/h13-16,19,21,24,26,28,31,40H,6-12,17-18,20,22-23,25,27,29-30,32-38H2,1-5H3/p+1/b15-13-,16-14-,21-19-,26-24-,31-28+/t40-/m1/s1. The van der Waals surface area contributed by atoms with Gasteiger partial charge < -0.3 is 18.9 Å². The number of phosphoric acid groups is 1. The topological polar surface area (TPSA) is 125 Å². The molecule has 0 fully saturated rings. The van der Waals surface area contributed by atoms with E-state index in [1.807, 2.05) is 33.3 Å². The number of likely N-dealkylation sites (N-methyl/N-ethyl adjacent to an activating group) is 1. The maximum Gasteiger partial charge on any atom is 0.472 e. The van der Waals surface area contributed by atoms with Gasteiger partial charge in [-0.2, -0.15) is 0 Å². The molecule has 0 radical (unpaired) electrons. The normalized spacial score (nSPS) is 14.2. The number of allylic oxidation sites excluding steroid dienone is 10. The van der Waals surface area contributed by atoms with Gasteiger partial charge in [0.15, 0.2) is 11.9 Å². The zero-order valence-electron chi connectivity index (χ0n) is 33.7. The predicted octanol–water partition coefficient (Wildman–Crippen LogP) is 10.1. The number of unbranched alkanes of at least 4 members (excludes halogenated alkanes) is 10. The molecule has 0 saturated heterocycles. The molecule has 0 aromatic heterocycles. The van der Waals surface area contributed by atoms with Crippen LogP contribution < -0.4 is 0 Å². The first kappa shape index (κ1) is 50.4. The Balaban J connectivity index is 4.63. The lowest BCUT2D eigenvalue weighted by Gasteiger charge is -2.24. The quantitative estimate of drug-likeness (QED) is 0.0128. The summed E-state index contributed by atoms with van der Waals surface area (Å²) in [5, 5.41) is 0. The molecule has 0 heterocycles. The fourth-order valence-electron chi connectivity index (χ4n) is 4.77. The summed E-state index contributed by atoms with van der Waals surface area (Å²) in [5.74, 6) is -1.17. The number of hydrogen-bond acceptors (Lipinski definition) is 8. The Morgan fingerprint density at radius 1 is 0.642 bits per heavy atom. The lowest BCUT2D eigenvalue weighted by molar-refractivity contribution is -0.870. The Labute approximate surface area is 322 Å². The first-order chi connectivity index (χ1) is 25.4. The van der Waals surface area contributed by atoms with Gasteiger partial charge in [0.05, 0.1) is 27.7 Å². The van der Waals surface area contributed by atoms with Crippen LogP contribution in [0, 0.1) is 0 Å². The third kappa shape index (κ3) is 37.5. The van der Waals surface area contributed by atoms with Crippen LogP contribution in [0.1, 0.15) is 136 Å². The Morgan fingerprint density at radius 2 is 1.23 bits per heavy atom. The minimum absolute atomic E-state index is 0.00399. The number of ether oxygens (including phenoxy) is 2. The van der Waals surface area contributed by atoms with Crippen molar-refractivity contribution in [2.24, 2.45) is 0 Å². The van der Waals surface area contributed by atoms with Crippen molar-refractivity contribution in [1.82, 2.24) is 0 Å². The number of phosphoric ester groups is 1. The molecular formula is C42H73NO9P+. The van der Waals surface area contributed by atoms with Crippen LogP contribution in [0.25, 0.3) is 0 Å². The molecule has 1 N–H and O–H groups in total. The number of esters is 2. The number of quaternary nitrogens is 1. The van der Waals surface area contributed by atoms with Gasteiger partial charge in [0.2, 0.25) is 0 Å². The van der Waals surface area contributed by atoms with Gasteiger partial charge in [-0.25, -0.2) is 4.57 Å². The monoisotopic (exact) mass is 767 g/mol. The van der Waals surface area contributed by atoms with Crippen LogP contribution in [0.2, 0.25) is 0 Å². The minimum atomic E-state index is -4.43. The minimum Gasteiger partial charge on any atom is -0.462 e. The first-order valence-electron chi connectivity index (χ1n) is 20.0. The van der Waals surface area contributed by atoms with Gasteiger partial charge in [-0.15, -0.1) is 0 Å². The van der Waals surface area contributed by atoms with Crippen LogP contribution in [0.15, 0.2) is 60.8 Å². The highest BCUT2D eigenvalue weighted by Crippen LogP contribution is 2.43. The van der Waals surface area contributed by atoms with Crippen LogP contribution in [0.5, 0.6) is 0 Å². The maximum absolute atomic E-state index is 12.6. The molecule has 304 valence electrons. The van der Waals surface area contributed by atoms with Gasteiger partial charge in [-0.3, -0.25) is 23.4 Å². The van der Waals surface area contributed by atoms with Gasteiger partial charge in [0.1, 0.15) is 19.8 Å². The number of carbonyl (C=O) groups is 3. The van der Waals surface area contributed by atoms with Gasteiger partial charge in [-0.05, 0) is 63.9 Å². The molecule has 0 aliphatic carbocycles. The largest absolute Gasteiger partial charge is 0.472 e. The summed E-state index contributed by atoms with van der Waals surface area (Å²) in [5.41, 5.74) is 0. The zero-order valence-corrected chi connectivity index (χ0v) is 34.6. The van der Waals surface area contributed by atoms with Crippen molar-refractivity contribution < 1.29 is 46.8 Å². The van der Waals surface area contributed by atoms with Crippen molar-refractivity contribution >= 4 is 25.5 Å². The van der Waals surface area contributed by atoms with E-state index in [0.717, 1.165) is 57.8 Å². The summed E-state index contributed by atoms with van der Waals surface area (Å²) in [4.78, 5) is 47.4. The molecule has 0 aromatic carbocycles. The summed E-state index contributed by atoms with van der Waals surface area (Å²) in [6, 6.07) is 0. The lowest BCUT2D eigenvalue weighted by Crippen LogP contribution is -2.37. The van der Waals surface area contributed by atoms with E-state index in [1.54, 1.807) is 6.08 Å².